The van der Waals surface area contributed by atoms with Crippen LogP contribution >= 0.6 is 0 Å². The van der Waals surface area contributed by atoms with E-state index < -0.39 is 5.97 Å². The molecule has 0 aliphatic carbocycles. The van der Waals surface area contributed by atoms with Crippen molar-refractivity contribution in [2.24, 2.45) is 7.05 Å². The summed E-state index contributed by atoms with van der Waals surface area (Å²) in [6, 6.07) is 5.68. The number of aromatic nitrogens is 3. The molecule has 6 heteroatoms. The summed E-state index contributed by atoms with van der Waals surface area (Å²) in [6.45, 7) is 2.10. The molecule has 1 N–H and O–H groups in total. The first-order valence-corrected chi connectivity index (χ1v) is 5.88. The van der Waals surface area contributed by atoms with Crippen LogP contribution < -0.4 is 4.74 Å². The summed E-state index contributed by atoms with van der Waals surface area (Å²) in [4.78, 5) is 12.0. The Hall–Kier alpha value is -2.37. The first-order valence-electron chi connectivity index (χ1n) is 5.88. The zero-order valence-corrected chi connectivity index (χ0v) is 10.8. The Balaban J connectivity index is 2.25. The standard InChI is InChI=1S/C13H15N3O3/c1-9-3-4-12(19-6-5-13(17)18)10(7-9)11-8-14-16(2)15-11/h3-4,7-8H,5-6H2,1-2H3,(H,17,18). The van der Waals surface area contributed by atoms with Gasteiger partial charge in [-0.1, -0.05) is 11.6 Å². The molecule has 2 aromatic rings. The molecule has 0 amide bonds. The molecule has 0 saturated heterocycles. The molecule has 0 bridgehead atoms. The minimum Gasteiger partial charge on any atom is -0.492 e. The van der Waals surface area contributed by atoms with E-state index in [1.54, 1.807) is 13.2 Å². The van der Waals surface area contributed by atoms with E-state index in [0.717, 1.165) is 11.1 Å². The zero-order valence-electron chi connectivity index (χ0n) is 10.8. The molecule has 6 nitrogen and oxygen atoms in total. The number of nitrogens with zero attached hydrogens (tertiary/aromatic N) is 3. The molecule has 0 atom stereocenters. The number of rotatable bonds is 5. The van der Waals surface area contributed by atoms with Gasteiger partial charge in [0.2, 0.25) is 0 Å². The van der Waals surface area contributed by atoms with Crippen LogP contribution in [0.5, 0.6) is 5.75 Å². The van der Waals surface area contributed by atoms with Crippen LogP contribution in [0.1, 0.15) is 12.0 Å². The highest BCUT2D eigenvalue weighted by Gasteiger charge is 2.10. The molecule has 0 unspecified atom stereocenters. The molecule has 19 heavy (non-hydrogen) atoms. The van der Waals surface area contributed by atoms with Gasteiger partial charge in [-0.15, -0.1) is 0 Å². The Morgan fingerprint density at radius 1 is 1.47 bits per heavy atom. The molecule has 1 heterocycles. The summed E-state index contributed by atoms with van der Waals surface area (Å²) in [5, 5.41) is 16.9. The molecule has 0 fully saturated rings. The van der Waals surface area contributed by atoms with E-state index in [1.165, 1.54) is 4.80 Å². The Bertz CT molecular complexity index is 593. The molecule has 1 aromatic carbocycles. The third-order valence-electron chi connectivity index (χ3n) is 2.58. The SMILES string of the molecule is Cc1ccc(OCCC(=O)O)c(-c2cnn(C)n2)c1. The van der Waals surface area contributed by atoms with Crippen LogP contribution in [0.2, 0.25) is 0 Å². The fourth-order valence-corrected chi connectivity index (χ4v) is 1.69. The van der Waals surface area contributed by atoms with Crippen LogP contribution in [0.4, 0.5) is 0 Å². The summed E-state index contributed by atoms with van der Waals surface area (Å²) in [6.07, 6.45) is 1.62. The smallest absolute Gasteiger partial charge is 0.306 e. The van der Waals surface area contributed by atoms with Gasteiger partial charge in [0.1, 0.15) is 11.4 Å². The average molecular weight is 261 g/mol. The molecule has 0 spiro atoms. The van der Waals surface area contributed by atoms with Gasteiger partial charge in [-0.25, -0.2) is 0 Å². The van der Waals surface area contributed by atoms with Crippen molar-refractivity contribution in [3.05, 3.63) is 30.0 Å². The van der Waals surface area contributed by atoms with Crippen molar-refractivity contribution in [1.82, 2.24) is 15.0 Å². The molecule has 2 rings (SSSR count). The predicted octanol–water partition coefficient (Wildman–Crippen LogP) is 1.64. The fourth-order valence-electron chi connectivity index (χ4n) is 1.69. The Labute approximate surface area is 110 Å². The van der Waals surface area contributed by atoms with Crippen LogP contribution in [-0.2, 0) is 11.8 Å². The Morgan fingerprint density at radius 3 is 2.89 bits per heavy atom. The largest absolute Gasteiger partial charge is 0.492 e. The van der Waals surface area contributed by atoms with E-state index >= 15 is 0 Å². The van der Waals surface area contributed by atoms with Gasteiger partial charge in [-0.3, -0.25) is 4.79 Å². The molecule has 1 aromatic heterocycles. The third kappa shape index (κ3) is 3.31. The van der Waals surface area contributed by atoms with Gasteiger partial charge in [0.25, 0.3) is 0 Å². The van der Waals surface area contributed by atoms with Gasteiger partial charge >= 0.3 is 5.97 Å². The monoisotopic (exact) mass is 261 g/mol. The van der Waals surface area contributed by atoms with Crippen LogP contribution in [0.25, 0.3) is 11.3 Å². The average Bonchev–Trinajstić information content (AvgIpc) is 2.77. The van der Waals surface area contributed by atoms with Crippen molar-refractivity contribution in [1.29, 1.82) is 0 Å². The van der Waals surface area contributed by atoms with Gasteiger partial charge < -0.3 is 9.84 Å². The fraction of sp³-hybridized carbons (Fsp3) is 0.308. The number of carboxylic acid groups (broad SMARTS) is 1. The zero-order chi connectivity index (χ0) is 13.8. The highest BCUT2D eigenvalue weighted by atomic mass is 16.5. The van der Waals surface area contributed by atoms with Gasteiger partial charge in [0.15, 0.2) is 0 Å². The first-order chi connectivity index (χ1) is 9.06. The number of aryl methyl sites for hydroxylation is 2. The molecule has 100 valence electrons. The molecule has 0 aliphatic rings. The summed E-state index contributed by atoms with van der Waals surface area (Å²) >= 11 is 0. The van der Waals surface area contributed by atoms with Crippen LogP contribution in [-0.4, -0.2) is 32.7 Å². The summed E-state index contributed by atoms with van der Waals surface area (Å²) in [5.41, 5.74) is 2.60. The van der Waals surface area contributed by atoms with E-state index in [-0.39, 0.29) is 13.0 Å². The van der Waals surface area contributed by atoms with Gasteiger partial charge in [-0.2, -0.15) is 15.0 Å². The number of ether oxygens (including phenoxy) is 1. The van der Waals surface area contributed by atoms with Crippen molar-refractivity contribution in [3.63, 3.8) is 0 Å². The van der Waals surface area contributed by atoms with Crippen molar-refractivity contribution >= 4 is 5.97 Å². The maximum absolute atomic E-state index is 10.5. The van der Waals surface area contributed by atoms with E-state index in [9.17, 15) is 4.79 Å². The third-order valence-corrected chi connectivity index (χ3v) is 2.58. The number of hydrogen-bond acceptors (Lipinski definition) is 4. The van der Waals surface area contributed by atoms with Gasteiger partial charge in [0.05, 0.1) is 19.2 Å². The van der Waals surface area contributed by atoms with Crippen LogP contribution in [0.3, 0.4) is 0 Å². The maximum atomic E-state index is 10.5. The van der Waals surface area contributed by atoms with E-state index in [0.29, 0.717) is 11.4 Å². The van der Waals surface area contributed by atoms with E-state index in [4.69, 9.17) is 9.84 Å². The molecule has 0 radical (unpaired) electrons. The lowest BCUT2D eigenvalue weighted by atomic mass is 10.1. The molecular weight excluding hydrogens is 246 g/mol. The van der Waals surface area contributed by atoms with Gasteiger partial charge in [0, 0.05) is 12.6 Å². The summed E-state index contributed by atoms with van der Waals surface area (Å²) in [5.74, 6) is -0.263. The highest BCUT2D eigenvalue weighted by molar-refractivity contribution is 5.68. The minimum atomic E-state index is -0.881. The lowest BCUT2D eigenvalue weighted by molar-refractivity contribution is -0.137. The Kier molecular flexibility index (Phi) is 3.79. The van der Waals surface area contributed by atoms with Crippen molar-refractivity contribution in [2.45, 2.75) is 13.3 Å². The lowest BCUT2D eigenvalue weighted by Crippen LogP contribution is -2.05. The number of hydrogen-bond donors (Lipinski definition) is 1. The minimum absolute atomic E-state index is 0.0339. The number of aliphatic carboxylic acids is 1. The number of carbonyl (C=O) groups is 1. The normalized spacial score (nSPS) is 10.4. The van der Waals surface area contributed by atoms with Crippen molar-refractivity contribution in [2.75, 3.05) is 6.61 Å². The Morgan fingerprint density at radius 2 is 2.26 bits per heavy atom. The molecular formula is C13H15N3O3. The topological polar surface area (TPSA) is 77.2 Å². The molecule has 0 saturated carbocycles. The quantitative estimate of drug-likeness (QED) is 0.885. The van der Waals surface area contributed by atoms with Crippen LogP contribution in [0, 0.1) is 6.92 Å². The van der Waals surface area contributed by atoms with Crippen molar-refractivity contribution < 1.29 is 14.6 Å². The second-order valence-electron chi connectivity index (χ2n) is 4.21. The maximum Gasteiger partial charge on any atom is 0.306 e. The summed E-state index contributed by atoms with van der Waals surface area (Å²) < 4.78 is 5.51. The van der Waals surface area contributed by atoms with Gasteiger partial charge in [-0.05, 0) is 19.1 Å². The molecule has 0 aliphatic heterocycles. The second kappa shape index (κ2) is 5.51. The first kappa shape index (κ1) is 13.1. The lowest BCUT2D eigenvalue weighted by Gasteiger charge is -2.09. The number of carboxylic acids is 1. The van der Waals surface area contributed by atoms with Crippen LogP contribution in [0.15, 0.2) is 24.4 Å². The number of benzene rings is 1. The predicted molar refractivity (Wildman–Crippen MR) is 68.9 cm³/mol. The van der Waals surface area contributed by atoms with E-state index in [1.807, 2.05) is 25.1 Å². The summed E-state index contributed by atoms with van der Waals surface area (Å²) in [7, 11) is 1.74. The van der Waals surface area contributed by atoms with E-state index in [2.05, 4.69) is 10.2 Å². The van der Waals surface area contributed by atoms with Crippen molar-refractivity contribution in [3.8, 4) is 17.0 Å². The second-order valence-corrected chi connectivity index (χ2v) is 4.21. The highest BCUT2D eigenvalue weighted by Crippen LogP contribution is 2.29.